The topological polar surface area (TPSA) is 105 Å². The second-order valence-electron chi connectivity index (χ2n) is 6.05. The third-order valence-corrected chi connectivity index (χ3v) is 4.27. The van der Waals surface area contributed by atoms with Crippen LogP contribution in [0.3, 0.4) is 0 Å². The SMILES string of the molecule is N=C(N)c1ccc2cc(C(=O)Nc3ccccn3)cc(-c3ccoc3)c2c1. The second-order valence-corrected chi connectivity index (χ2v) is 6.05. The van der Waals surface area contributed by atoms with E-state index in [1.807, 2.05) is 24.3 Å². The molecule has 2 heterocycles. The molecule has 4 rings (SSSR count). The van der Waals surface area contributed by atoms with E-state index in [4.69, 9.17) is 15.6 Å². The van der Waals surface area contributed by atoms with E-state index in [-0.39, 0.29) is 11.7 Å². The summed E-state index contributed by atoms with van der Waals surface area (Å²) in [5.74, 6) is 0.224. The van der Waals surface area contributed by atoms with Crippen molar-refractivity contribution in [2.24, 2.45) is 5.73 Å². The fourth-order valence-electron chi connectivity index (χ4n) is 2.94. The minimum Gasteiger partial charge on any atom is -0.472 e. The third kappa shape index (κ3) is 3.28. The highest BCUT2D eigenvalue weighted by Crippen LogP contribution is 2.31. The summed E-state index contributed by atoms with van der Waals surface area (Å²) in [6.45, 7) is 0. The number of carbonyl (C=O) groups is 1. The first-order valence-corrected chi connectivity index (χ1v) is 8.29. The Morgan fingerprint density at radius 3 is 2.67 bits per heavy atom. The van der Waals surface area contributed by atoms with Crippen molar-refractivity contribution >= 4 is 28.3 Å². The van der Waals surface area contributed by atoms with E-state index < -0.39 is 0 Å². The van der Waals surface area contributed by atoms with Crippen molar-refractivity contribution < 1.29 is 9.21 Å². The van der Waals surface area contributed by atoms with E-state index in [2.05, 4.69) is 10.3 Å². The van der Waals surface area contributed by atoms with Gasteiger partial charge in [-0.15, -0.1) is 0 Å². The first kappa shape index (κ1) is 16.5. The number of rotatable bonds is 4. The Hall–Kier alpha value is -3.93. The van der Waals surface area contributed by atoms with Crippen LogP contribution in [0.5, 0.6) is 0 Å². The number of nitrogens with two attached hydrogens (primary N) is 1. The second kappa shape index (κ2) is 6.76. The number of carbonyl (C=O) groups excluding carboxylic acids is 1. The standard InChI is InChI=1S/C21H16N4O2/c22-20(23)14-5-4-13-9-16(21(26)25-19-3-1-2-7-24-19)11-18(17(13)10-14)15-6-8-27-12-15/h1-12H,(H3,22,23)(H,24,25,26). The molecule has 0 aliphatic heterocycles. The van der Waals surface area contributed by atoms with E-state index in [1.54, 1.807) is 49.1 Å². The molecule has 0 aliphatic carbocycles. The van der Waals surface area contributed by atoms with Crippen LogP contribution in [0.15, 0.2) is 77.7 Å². The number of nitrogens with one attached hydrogen (secondary N) is 2. The predicted octanol–water partition coefficient (Wildman–Crippen LogP) is 4.03. The number of amidine groups is 1. The smallest absolute Gasteiger partial charge is 0.256 e. The fraction of sp³-hybridized carbons (Fsp3) is 0. The number of pyridine rings is 1. The number of furan rings is 1. The first-order valence-electron chi connectivity index (χ1n) is 8.29. The van der Waals surface area contributed by atoms with Gasteiger partial charge in [0.2, 0.25) is 0 Å². The molecule has 0 bridgehead atoms. The summed E-state index contributed by atoms with van der Waals surface area (Å²) in [4.78, 5) is 16.9. The summed E-state index contributed by atoms with van der Waals surface area (Å²) >= 11 is 0. The maximum absolute atomic E-state index is 12.7. The van der Waals surface area contributed by atoms with Crippen molar-refractivity contribution in [3.05, 3.63) is 84.4 Å². The molecule has 0 aliphatic rings. The van der Waals surface area contributed by atoms with Crippen molar-refractivity contribution in [3.8, 4) is 11.1 Å². The minimum atomic E-state index is -0.254. The predicted molar refractivity (Wildman–Crippen MR) is 105 cm³/mol. The van der Waals surface area contributed by atoms with E-state index in [0.717, 1.165) is 21.9 Å². The molecule has 6 nitrogen and oxygen atoms in total. The summed E-state index contributed by atoms with van der Waals surface area (Å²) in [6.07, 6.45) is 4.82. The summed E-state index contributed by atoms with van der Waals surface area (Å²) in [5, 5.41) is 12.2. The number of amides is 1. The van der Waals surface area contributed by atoms with Gasteiger partial charge >= 0.3 is 0 Å². The normalized spacial score (nSPS) is 10.7. The lowest BCUT2D eigenvalue weighted by Gasteiger charge is -2.11. The summed E-state index contributed by atoms with van der Waals surface area (Å²) in [7, 11) is 0. The molecule has 2 aromatic carbocycles. The molecule has 0 spiro atoms. The van der Waals surface area contributed by atoms with Crippen molar-refractivity contribution in [1.82, 2.24) is 4.98 Å². The van der Waals surface area contributed by atoms with Gasteiger partial charge in [0.25, 0.3) is 5.91 Å². The largest absolute Gasteiger partial charge is 0.472 e. The Kier molecular flexibility index (Phi) is 4.14. The lowest BCUT2D eigenvalue weighted by atomic mass is 9.95. The van der Waals surface area contributed by atoms with Gasteiger partial charge in [-0.2, -0.15) is 0 Å². The number of anilines is 1. The maximum atomic E-state index is 12.7. The number of nitrogens with zero attached hydrogens (tertiary/aromatic N) is 1. The quantitative estimate of drug-likeness (QED) is 0.379. The van der Waals surface area contributed by atoms with E-state index in [0.29, 0.717) is 16.9 Å². The number of hydrogen-bond acceptors (Lipinski definition) is 4. The van der Waals surface area contributed by atoms with Crippen molar-refractivity contribution in [2.45, 2.75) is 0 Å². The molecule has 0 atom stereocenters. The molecule has 4 aromatic rings. The number of benzene rings is 2. The zero-order valence-corrected chi connectivity index (χ0v) is 14.3. The summed E-state index contributed by atoms with van der Waals surface area (Å²) < 4.78 is 5.21. The molecule has 1 amide bonds. The van der Waals surface area contributed by atoms with Gasteiger partial charge < -0.3 is 15.5 Å². The van der Waals surface area contributed by atoms with Crippen molar-refractivity contribution in [2.75, 3.05) is 5.32 Å². The molecule has 6 heteroatoms. The molecule has 4 N–H and O–H groups in total. The number of nitrogen functional groups attached to an aromatic ring is 1. The first-order chi connectivity index (χ1) is 13.1. The Labute approximate surface area is 155 Å². The van der Waals surface area contributed by atoms with E-state index in [9.17, 15) is 4.79 Å². The lowest BCUT2D eigenvalue weighted by Crippen LogP contribution is -2.13. The molecule has 0 saturated heterocycles. The van der Waals surface area contributed by atoms with Crippen LogP contribution in [0.2, 0.25) is 0 Å². The number of hydrogen-bond donors (Lipinski definition) is 3. The highest BCUT2D eigenvalue weighted by Gasteiger charge is 2.14. The Morgan fingerprint density at radius 2 is 1.96 bits per heavy atom. The van der Waals surface area contributed by atoms with Gasteiger partial charge in [-0.05, 0) is 52.7 Å². The highest BCUT2D eigenvalue weighted by atomic mass is 16.3. The molecule has 0 fully saturated rings. The van der Waals surface area contributed by atoms with Crippen LogP contribution in [0.25, 0.3) is 21.9 Å². The summed E-state index contributed by atoms with van der Waals surface area (Å²) in [6, 6.07) is 16.2. The molecule has 0 saturated carbocycles. The molecule has 27 heavy (non-hydrogen) atoms. The van der Waals surface area contributed by atoms with Crippen molar-refractivity contribution in [3.63, 3.8) is 0 Å². The molecule has 0 unspecified atom stereocenters. The zero-order valence-electron chi connectivity index (χ0n) is 14.3. The van der Waals surface area contributed by atoms with Crippen molar-refractivity contribution in [1.29, 1.82) is 5.41 Å². The third-order valence-electron chi connectivity index (χ3n) is 4.27. The van der Waals surface area contributed by atoms with Gasteiger partial charge in [0, 0.05) is 22.9 Å². The molecule has 132 valence electrons. The molecular formula is C21H16N4O2. The fourth-order valence-corrected chi connectivity index (χ4v) is 2.94. The van der Waals surface area contributed by atoms with E-state index in [1.165, 1.54) is 0 Å². The summed E-state index contributed by atoms with van der Waals surface area (Å²) in [5.41, 5.74) is 8.42. The Balaban J connectivity index is 1.84. The average molecular weight is 356 g/mol. The van der Waals surface area contributed by atoms with Gasteiger partial charge in [0.1, 0.15) is 11.7 Å². The van der Waals surface area contributed by atoms with Gasteiger partial charge in [-0.3, -0.25) is 10.2 Å². The van der Waals surface area contributed by atoms with Crippen LogP contribution in [-0.4, -0.2) is 16.7 Å². The van der Waals surface area contributed by atoms with E-state index >= 15 is 0 Å². The zero-order chi connectivity index (χ0) is 18.8. The van der Waals surface area contributed by atoms with Crippen LogP contribution in [-0.2, 0) is 0 Å². The Morgan fingerprint density at radius 1 is 1.07 bits per heavy atom. The number of aromatic nitrogens is 1. The maximum Gasteiger partial charge on any atom is 0.256 e. The molecule has 2 aromatic heterocycles. The number of fused-ring (bicyclic) bond motifs is 1. The lowest BCUT2D eigenvalue weighted by molar-refractivity contribution is 0.102. The Bertz CT molecular complexity index is 1140. The monoisotopic (exact) mass is 356 g/mol. The van der Waals surface area contributed by atoms with Gasteiger partial charge in [0.05, 0.1) is 12.5 Å². The minimum absolute atomic E-state index is 0.00739. The van der Waals surface area contributed by atoms with Crippen LogP contribution in [0.4, 0.5) is 5.82 Å². The molecule has 0 radical (unpaired) electrons. The van der Waals surface area contributed by atoms with Crippen LogP contribution < -0.4 is 11.1 Å². The van der Waals surface area contributed by atoms with Crippen LogP contribution >= 0.6 is 0 Å². The highest BCUT2D eigenvalue weighted by molar-refractivity contribution is 6.10. The average Bonchev–Trinajstić information content (AvgIpc) is 3.22. The molecular weight excluding hydrogens is 340 g/mol. The van der Waals surface area contributed by atoms with Crippen LogP contribution in [0.1, 0.15) is 15.9 Å². The van der Waals surface area contributed by atoms with Gasteiger partial charge in [0.15, 0.2) is 0 Å². The van der Waals surface area contributed by atoms with Crippen LogP contribution in [0, 0.1) is 5.41 Å². The van der Waals surface area contributed by atoms with Gasteiger partial charge in [-0.25, -0.2) is 4.98 Å². The van der Waals surface area contributed by atoms with Gasteiger partial charge in [-0.1, -0.05) is 18.2 Å².